The Morgan fingerprint density at radius 2 is 1.82 bits per heavy atom. The predicted octanol–water partition coefficient (Wildman–Crippen LogP) is 2.55. The first-order valence-corrected chi connectivity index (χ1v) is 5.61. The van der Waals surface area contributed by atoms with Crippen molar-refractivity contribution in [1.82, 2.24) is 4.90 Å². The monoisotopic (exact) mass is 242 g/mol. The van der Waals surface area contributed by atoms with Crippen LogP contribution in [-0.2, 0) is 0 Å². The van der Waals surface area contributed by atoms with E-state index in [0.717, 1.165) is 11.6 Å². The van der Waals surface area contributed by atoms with Gasteiger partial charge in [0.15, 0.2) is 11.6 Å². The number of hydrogen-bond acceptors (Lipinski definition) is 2. The van der Waals surface area contributed by atoms with Gasteiger partial charge in [-0.2, -0.15) is 0 Å². The highest BCUT2D eigenvalue weighted by Gasteiger charge is 2.31. The van der Waals surface area contributed by atoms with Crippen molar-refractivity contribution in [3.8, 4) is 0 Å². The molecule has 0 aromatic heterocycles. The lowest BCUT2D eigenvalue weighted by atomic mass is 9.80. The van der Waals surface area contributed by atoms with Gasteiger partial charge >= 0.3 is 0 Å². The largest absolute Gasteiger partial charge is 0.330 e. The molecule has 0 aliphatic rings. The fourth-order valence-corrected chi connectivity index (χ4v) is 2.24. The Labute approximate surface area is 101 Å². The maximum absolute atomic E-state index is 13.3. The summed E-state index contributed by atoms with van der Waals surface area (Å²) in [7, 11) is 3.81. The van der Waals surface area contributed by atoms with E-state index in [0.29, 0.717) is 6.54 Å². The van der Waals surface area contributed by atoms with E-state index in [2.05, 4.69) is 0 Å². The summed E-state index contributed by atoms with van der Waals surface area (Å²) in [4.78, 5) is 1.97. The number of rotatable bonds is 4. The topological polar surface area (TPSA) is 29.3 Å². The van der Waals surface area contributed by atoms with Gasteiger partial charge in [0, 0.05) is 6.04 Å². The SMILES string of the molecule is CN(C)C(c1ccc(F)c(F)c1)C(C)(C)CN. The molecule has 17 heavy (non-hydrogen) atoms. The zero-order chi connectivity index (χ0) is 13.2. The Hall–Kier alpha value is -1.00. The second-order valence-electron chi connectivity index (χ2n) is 5.23. The van der Waals surface area contributed by atoms with Crippen LogP contribution in [0.25, 0.3) is 0 Å². The number of halogens is 2. The van der Waals surface area contributed by atoms with E-state index < -0.39 is 11.6 Å². The molecular formula is C13H20F2N2. The van der Waals surface area contributed by atoms with Gasteiger partial charge in [0.05, 0.1) is 0 Å². The first-order chi connectivity index (χ1) is 7.79. The van der Waals surface area contributed by atoms with E-state index in [4.69, 9.17) is 5.73 Å². The molecule has 4 heteroatoms. The summed E-state index contributed by atoms with van der Waals surface area (Å²) in [5.74, 6) is -1.64. The summed E-state index contributed by atoms with van der Waals surface area (Å²) in [6.07, 6.45) is 0. The van der Waals surface area contributed by atoms with Crippen molar-refractivity contribution in [1.29, 1.82) is 0 Å². The van der Waals surface area contributed by atoms with Gasteiger partial charge in [-0.3, -0.25) is 0 Å². The summed E-state index contributed by atoms with van der Waals surface area (Å²) in [5.41, 5.74) is 6.28. The van der Waals surface area contributed by atoms with E-state index >= 15 is 0 Å². The van der Waals surface area contributed by atoms with Crippen molar-refractivity contribution in [2.45, 2.75) is 19.9 Å². The van der Waals surface area contributed by atoms with E-state index in [1.54, 1.807) is 6.07 Å². The average Bonchev–Trinajstić information content (AvgIpc) is 2.22. The van der Waals surface area contributed by atoms with Crippen molar-refractivity contribution in [2.24, 2.45) is 11.1 Å². The minimum Gasteiger partial charge on any atom is -0.330 e. The number of nitrogens with zero attached hydrogens (tertiary/aromatic N) is 1. The Kier molecular flexibility index (Phi) is 4.22. The van der Waals surface area contributed by atoms with E-state index in [1.807, 2.05) is 32.8 Å². The van der Waals surface area contributed by atoms with Gasteiger partial charge in [0.25, 0.3) is 0 Å². The second kappa shape index (κ2) is 5.10. The van der Waals surface area contributed by atoms with Gasteiger partial charge in [0.1, 0.15) is 0 Å². The van der Waals surface area contributed by atoms with Crippen LogP contribution in [-0.4, -0.2) is 25.5 Å². The molecule has 1 aromatic rings. The van der Waals surface area contributed by atoms with Gasteiger partial charge in [-0.15, -0.1) is 0 Å². The zero-order valence-electron chi connectivity index (χ0n) is 10.8. The molecule has 1 aromatic carbocycles. The van der Waals surface area contributed by atoms with Crippen LogP contribution in [0, 0.1) is 17.0 Å². The highest BCUT2D eigenvalue weighted by atomic mass is 19.2. The van der Waals surface area contributed by atoms with Crippen LogP contribution >= 0.6 is 0 Å². The van der Waals surface area contributed by atoms with Crippen molar-refractivity contribution in [2.75, 3.05) is 20.6 Å². The summed E-state index contributed by atoms with van der Waals surface area (Å²) in [5, 5.41) is 0. The number of hydrogen-bond donors (Lipinski definition) is 1. The molecule has 0 bridgehead atoms. The van der Waals surface area contributed by atoms with Gasteiger partial charge in [-0.05, 0) is 43.8 Å². The first kappa shape index (κ1) is 14.1. The second-order valence-corrected chi connectivity index (χ2v) is 5.23. The maximum atomic E-state index is 13.3. The quantitative estimate of drug-likeness (QED) is 0.879. The van der Waals surface area contributed by atoms with Crippen LogP contribution in [0.2, 0.25) is 0 Å². The van der Waals surface area contributed by atoms with Crippen molar-refractivity contribution in [3.63, 3.8) is 0 Å². The molecule has 1 unspecified atom stereocenters. The highest BCUT2D eigenvalue weighted by molar-refractivity contribution is 5.23. The molecule has 0 aliphatic heterocycles. The zero-order valence-corrected chi connectivity index (χ0v) is 10.8. The minimum atomic E-state index is -0.822. The van der Waals surface area contributed by atoms with E-state index in [-0.39, 0.29) is 11.5 Å². The normalized spacial score (nSPS) is 14.1. The molecule has 2 nitrogen and oxygen atoms in total. The lowest BCUT2D eigenvalue weighted by molar-refractivity contribution is 0.143. The van der Waals surface area contributed by atoms with E-state index in [1.165, 1.54) is 6.07 Å². The molecule has 1 rings (SSSR count). The third-order valence-electron chi connectivity index (χ3n) is 3.04. The summed E-state index contributed by atoms with van der Waals surface area (Å²) in [6, 6.07) is 3.97. The Morgan fingerprint density at radius 1 is 1.24 bits per heavy atom. The molecule has 0 amide bonds. The van der Waals surface area contributed by atoms with Gasteiger partial charge in [-0.1, -0.05) is 19.9 Å². The third kappa shape index (κ3) is 3.01. The predicted molar refractivity (Wildman–Crippen MR) is 65.6 cm³/mol. The first-order valence-electron chi connectivity index (χ1n) is 5.61. The average molecular weight is 242 g/mol. The van der Waals surface area contributed by atoms with Crippen LogP contribution in [0.5, 0.6) is 0 Å². The fourth-order valence-electron chi connectivity index (χ4n) is 2.24. The lowest BCUT2D eigenvalue weighted by Gasteiger charge is -2.38. The molecule has 0 aliphatic carbocycles. The van der Waals surface area contributed by atoms with Crippen LogP contribution in [0.1, 0.15) is 25.5 Å². The Balaban J connectivity index is 3.19. The van der Waals surface area contributed by atoms with Crippen molar-refractivity contribution in [3.05, 3.63) is 35.4 Å². The van der Waals surface area contributed by atoms with Crippen LogP contribution in [0.4, 0.5) is 8.78 Å². The third-order valence-corrected chi connectivity index (χ3v) is 3.04. The van der Waals surface area contributed by atoms with Crippen LogP contribution in [0.3, 0.4) is 0 Å². The molecule has 2 N–H and O–H groups in total. The molecule has 0 heterocycles. The number of nitrogens with two attached hydrogens (primary N) is 1. The molecular weight excluding hydrogens is 222 g/mol. The summed E-state index contributed by atoms with van der Waals surface area (Å²) in [6.45, 7) is 4.49. The summed E-state index contributed by atoms with van der Waals surface area (Å²) < 4.78 is 26.2. The molecule has 0 spiro atoms. The molecule has 1 atom stereocenters. The molecule has 0 saturated heterocycles. The van der Waals surface area contributed by atoms with Crippen molar-refractivity contribution >= 4 is 0 Å². The van der Waals surface area contributed by atoms with Crippen LogP contribution < -0.4 is 5.73 Å². The fraction of sp³-hybridized carbons (Fsp3) is 0.538. The maximum Gasteiger partial charge on any atom is 0.159 e. The number of benzene rings is 1. The smallest absolute Gasteiger partial charge is 0.159 e. The van der Waals surface area contributed by atoms with Gasteiger partial charge in [-0.25, -0.2) is 8.78 Å². The molecule has 0 fully saturated rings. The molecule has 0 saturated carbocycles. The highest BCUT2D eigenvalue weighted by Crippen LogP contribution is 2.36. The van der Waals surface area contributed by atoms with Gasteiger partial charge < -0.3 is 10.6 Å². The standard InChI is InChI=1S/C13H20F2N2/c1-13(2,8-16)12(17(3)4)9-5-6-10(14)11(15)7-9/h5-7,12H,8,16H2,1-4H3. The Morgan fingerprint density at radius 3 is 2.24 bits per heavy atom. The van der Waals surface area contributed by atoms with Gasteiger partial charge in [0.2, 0.25) is 0 Å². The lowest BCUT2D eigenvalue weighted by Crippen LogP contribution is -2.38. The summed E-state index contributed by atoms with van der Waals surface area (Å²) >= 11 is 0. The Bertz CT molecular complexity index is 389. The van der Waals surface area contributed by atoms with Crippen LogP contribution in [0.15, 0.2) is 18.2 Å². The molecule has 96 valence electrons. The van der Waals surface area contributed by atoms with Crippen molar-refractivity contribution < 1.29 is 8.78 Å². The van der Waals surface area contributed by atoms with E-state index in [9.17, 15) is 8.78 Å². The molecule has 0 radical (unpaired) electrons. The minimum absolute atomic E-state index is 0.0531.